The van der Waals surface area contributed by atoms with Gasteiger partial charge in [-0.15, -0.1) is 0 Å². The Morgan fingerprint density at radius 3 is 2.78 bits per heavy atom. The molecule has 2 heterocycles. The molecular formula is C13H15N3O2. The van der Waals surface area contributed by atoms with E-state index in [1.54, 1.807) is 18.3 Å². The summed E-state index contributed by atoms with van der Waals surface area (Å²) in [5.74, 6) is 2.06. The molecule has 5 heteroatoms. The number of aromatic nitrogens is 1. The third-order valence-electron chi connectivity index (χ3n) is 2.44. The van der Waals surface area contributed by atoms with Gasteiger partial charge in [0.25, 0.3) is 0 Å². The highest BCUT2D eigenvalue weighted by molar-refractivity contribution is 5.88. The second kappa shape index (κ2) is 5.35. The fourth-order valence-corrected chi connectivity index (χ4v) is 1.54. The van der Waals surface area contributed by atoms with E-state index >= 15 is 0 Å². The number of urea groups is 1. The van der Waals surface area contributed by atoms with Crippen molar-refractivity contribution < 1.29 is 9.21 Å². The second-order valence-electron chi connectivity index (χ2n) is 3.98. The first-order valence-corrected chi connectivity index (χ1v) is 5.70. The van der Waals surface area contributed by atoms with Crippen molar-refractivity contribution in [3.05, 3.63) is 48.0 Å². The maximum Gasteiger partial charge on any atom is 0.320 e. The van der Waals surface area contributed by atoms with Gasteiger partial charge in [-0.3, -0.25) is 5.32 Å². The zero-order valence-electron chi connectivity index (χ0n) is 10.3. The molecule has 0 bridgehead atoms. The zero-order valence-corrected chi connectivity index (χ0v) is 10.3. The van der Waals surface area contributed by atoms with E-state index < -0.39 is 0 Å². The molecular weight excluding hydrogens is 230 g/mol. The van der Waals surface area contributed by atoms with Crippen LogP contribution in [0.15, 0.2) is 40.9 Å². The van der Waals surface area contributed by atoms with Crippen molar-refractivity contribution in [3.8, 4) is 0 Å². The highest BCUT2D eigenvalue weighted by Crippen LogP contribution is 2.15. The van der Waals surface area contributed by atoms with Crippen molar-refractivity contribution >= 4 is 11.8 Å². The minimum Gasteiger partial charge on any atom is -0.464 e. The Labute approximate surface area is 105 Å². The molecule has 0 aliphatic heterocycles. The first kappa shape index (κ1) is 12.2. The number of hydrogen-bond donors (Lipinski definition) is 2. The summed E-state index contributed by atoms with van der Waals surface area (Å²) in [5, 5.41) is 5.42. The molecule has 5 nitrogen and oxygen atoms in total. The summed E-state index contributed by atoms with van der Waals surface area (Å²) >= 11 is 0. The first-order chi connectivity index (χ1) is 8.65. The van der Waals surface area contributed by atoms with Crippen molar-refractivity contribution in [2.75, 3.05) is 5.32 Å². The molecule has 1 atom stereocenters. The zero-order chi connectivity index (χ0) is 13.0. The summed E-state index contributed by atoms with van der Waals surface area (Å²) in [4.78, 5) is 15.7. The lowest BCUT2D eigenvalue weighted by Crippen LogP contribution is -2.31. The Kier molecular flexibility index (Phi) is 3.62. The van der Waals surface area contributed by atoms with E-state index in [0.29, 0.717) is 5.82 Å². The molecule has 18 heavy (non-hydrogen) atoms. The van der Waals surface area contributed by atoms with Gasteiger partial charge in [-0.1, -0.05) is 6.07 Å². The number of pyridine rings is 1. The molecule has 0 saturated carbocycles. The molecule has 0 fully saturated rings. The molecule has 2 aromatic rings. The van der Waals surface area contributed by atoms with Gasteiger partial charge >= 0.3 is 6.03 Å². The smallest absolute Gasteiger partial charge is 0.320 e. The molecule has 2 rings (SSSR count). The topological polar surface area (TPSA) is 67.2 Å². The Hall–Kier alpha value is -2.30. The van der Waals surface area contributed by atoms with Gasteiger partial charge in [-0.05, 0) is 38.1 Å². The number of carbonyl (C=O) groups is 1. The predicted molar refractivity (Wildman–Crippen MR) is 68.3 cm³/mol. The van der Waals surface area contributed by atoms with Gasteiger partial charge in [0, 0.05) is 6.20 Å². The Bertz CT molecular complexity index is 522. The molecule has 0 aromatic carbocycles. The van der Waals surface area contributed by atoms with Crippen LogP contribution in [-0.4, -0.2) is 11.0 Å². The van der Waals surface area contributed by atoms with Crippen LogP contribution in [0.1, 0.15) is 24.5 Å². The van der Waals surface area contributed by atoms with Crippen molar-refractivity contribution in [2.45, 2.75) is 19.9 Å². The van der Waals surface area contributed by atoms with Gasteiger partial charge in [0.15, 0.2) is 0 Å². The minimum atomic E-state index is -0.310. The number of carbonyl (C=O) groups excluding carboxylic acids is 1. The van der Waals surface area contributed by atoms with E-state index in [-0.39, 0.29) is 12.1 Å². The van der Waals surface area contributed by atoms with Crippen molar-refractivity contribution in [3.63, 3.8) is 0 Å². The second-order valence-corrected chi connectivity index (χ2v) is 3.98. The molecule has 1 unspecified atom stereocenters. The molecule has 0 aliphatic rings. The lowest BCUT2D eigenvalue weighted by Gasteiger charge is -2.12. The first-order valence-electron chi connectivity index (χ1n) is 5.70. The molecule has 0 spiro atoms. The van der Waals surface area contributed by atoms with E-state index in [4.69, 9.17) is 4.42 Å². The van der Waals surface area contributed by atoms with Gasteiger partial charge in [0.1, 0.15) is 17.3 Å². The molecule has 0 aliphatic carbocycles. The van der Waals surface area contributed by atoms with Crippen LogP contribution >= 0.6 is 0 Å². The SMILES string of the molecule is Cc1ccc(C(C)NC(=O)Nc2ccccn2)o1. The van der Waals surface area contributed by atoms with Gasteiger partial charge < -0.3 is 9.73 Å². The van der Waals surface area contributed by atoms with E-state index in [0.717, 1.165) is 11.5 Å². The van der Waals surface area contributed by atoms with Crippen LogP contribution < -0.4 is 10.6 Å². The largest absolute Gasteiger partial charge is 0.464 e. The number of rotatable bonds is 3. The quantitative estimate of drug-likeness (QED) is 0.873. The maximum atomic E-state index is 11.7. The third kappa shape index (κ3) is 3.10. The van der Waals surface area contributed by atoms with Crippen LogP contribution in [-0.2, 0) is 0 Å². The Morgan fingerprint density at radius 1 is 1.33 bits per heavy atom. The van der Waals surface area contributed by atoms with Crippen molar-refractivity contribution in [1.29, 1.82) is 0 Å². The summed E-state index contributed by atoms with van der Waals surface area (Å²) in [7, 11) is 0. The van der Waals surface area contributed by atoms with E-state index in [1.807, 2.05) is 32.0 Å². The fourth-order valence-electron chi connectivity index (χ4n) is 1.54. The van der Waals surface area contributed by atoms with Crippen LogP contribution in [0.3, 0.4) is 0 Å². The maximum absolute atomic E-state index is 11.7. The van der Waals surface area contributed by atoms with Gasteiger partial charge in [-0.2, -0.15) is 0 Å². The highest BCUT2D eigenvalue weighted by Gasteiger charge is 2.12. The van der Waals surface area contributed by atoms with Crippen LogP contribution in [0.5, 0.6) is 0 Å². The summed E-state index contributed by atoms with van der Waals surface area (Å²) in [5.41, 5.74) is 0. The number of nitrogens with one attached hydrogen (secondary N) is 2. The van der Waals surface area contributed by atoms with Crippen LogP contribution in [0.4, 0.5) is 10.6 Å². The van der Waals surface area contributed by atoms with Crippen molar-refractivity contribution in [1.82, 2.24) is 10.3 Å². The highest BCUT2D eigenvalue weighted by atomic mass is 16.3. The number of aryl methyl sites for hydroxylation is 1. The number of hydrogen-bond acceptors (Lipinski definition) is 3. The van der Waals surface area contributed by atoms with Gasteiger partial charge in [-0.25, -0.2) is 9.78 Å². The summed E-state index contributed by atoms with van der Waals surface area (Å²) < 4.78 is 5.44. The molecule has 0 saturated heterocycles. The van der Waals surface area contributed by atoms with E-state index in [9.17, 15) is 4.79 Å². The minimum absolute atomic E-state index is 0.192. The standard InChI is InChI=1S/C13H15N3O2/c1-9-6-7-11(18-9)10(2)15-13(17)16-12-5-3-4-8-14-12/h3-8,10H,1-2H3,(H2,14,15,16,17). The van der Waals surface area contributed by atoms with E-state index in [1.165, 1.54) is 0 Å². The lowest BCUT2D eigenvalue weighted by atomic mass is 10.2. The van der Waals surface area contributed by atoms with Gasteiger partial charge in [0.05, 0.1) is 6.04 Å². The van der Waals surface area contributed by atoms with Crippen molar-refractivity contribution in [2.24, 2.45) is 0 Å². The molecule has 2 N–H and O–H groups in total. The fraction of sp³-hybridized carbons (Fsp3) is 0.231. The Morgan fingerprint density at radius 2 is 2.17 bits per heavy atom. The van der Waals surface area contributed by atoms with E-state index in [2.05, 4.69) is 15.6 Å². The third-order valence-corrected chi connectivity index (χ3v) is 2.44. The molecule has 0 radical (unpaired) electrons. The van der Waals surface area contributed by atoms with Crippen LogP contribution in [0, 0.1) is 6.92 Å². The van der Waals surface area contributed by atoms with Crippen LogP contribution in [0.25, 0.3) is 0 Å². The van der Waals surface area contributed by atoms with Gasteiger partial charge in [0.2, 0.25) is 0 Å². The normalized spacial score (nSPS) is 11.9. The number of anilines is 1. The number of nitrogens with zero attached hydrogens (tertiary/aromatic N) is 1. The Balaban J connectivity index is 1.92. The molecule has 94 valence electrons. The average molecular weight is 245 g/mol. The van der Waals surface area contributed by atoms with Crippen LogP contribution in [0.2, 0.25) is 0 Å². The summed E-state index contributed by atoms with van der Waals surface area (Å²) in [6.07, 6.45) is 1.62. The monoisotopic (exact) mass is 245 g/mol. The molecule has 2 amide bonds. The lowest BCUT2D eigenvalue weighted by molar-refractivity contribution is 0.247. The summed E-state index contributed by atoms with van der Waals surface area (Å²) in [6.45, 7) is 3.72. The summed E-state index contributed by atoms with van der Waals surface area (Å²) in [6, 6.07) is 8.53. The molecule has 2 aromatic heterocycles. The average Bonchev–Trinajstić information content (AvgIpc) is 2.77. The number of furan rings is 1. The predicted octanol–water partition coefficient (Wildman–Crippen LogP) is 2.87. The number of amides is 2.